The highest BCUT2D eigenvalue weighted by Gasteiger charge is 2.45. The van der Waals surface area contributed by atoms with Crippen molar-refractivity contribution in [2.24, 2.45) is 0 Å². The molecule has 1 aliphatic rings. The molecule has 2 heteroatoms. The first kappa shape index (κ1) is 38.7. The maximum atomic E-state index is 4.81. The van der Waals surface area contributed by atoms with Gasteiger partial charge in [0, 0.05) is 33.5 Å². The van der Waals surface area contributed by atoms with Gasteiger partial charge in [-0.2, -0.15) is 0 Å². The Labute approximate surface area is 375 Å². The Morgan fingerprint density at radius 1 is 0.453 bits per heavy atom. The minimum Gasteiger partial charge on any atom is -0.310 e. The van der Waals surface area contributed by atoms with Crippen molar-refractivity contribution in [1.29, 1.82) is 0 Å². The van der Waals surface area contributed by atoms with Crippen LogP contribution in [0.25, 0.3) is 60.9 Å². The summed E-state index contributed by atoms with van der Waals surface area (Å²) in [7, 11) is 0. The second kappa shape index (κ2) is 16.2. The molecule has 11 rings (SSSR count). The van der Waals surface area contributed by atoms with Crippen molar-refractivity contribution in [2.45, 2.75) is 12.3 Å². The van der Waals surface area contributed by atoms with Crippen molar-refractivity contribution in [3.05, 3.63) is 278 Å². The molecule has 0 saturated heterocycles. The number of hydrogen-bond donors (Lipinski definition) is 0. The van der Waals surface area contributed by atoms with Gasteiger partial charge in [0.2, 0.25) is 0 Å². The number of nitrogens with zero attached hydrogens (tertiary/aromatic N) is 2. The Bertz CT molecular complexity index is 3320. The van der Waals surface area contributed by atoms with Gasteiger partial charge in [-0.1, -0.05) is 195 Å². The largest absolute Gasteiger partial charge is 0.310 e. The minimum absolute atomic E-state index is 0.565. The van der Waals surface area contributed by atoms with Gasteiger partial charge in [0.15, 0.2) is 0 Å². The lowest BCUT2D eigenvalue weighted by Crippen LogP contribution is -2.28. The second-order valence-corrected chi connectivity index (χ2v) is 16.5. The average Bonchev–Trinajstić information content (AvgIpc) is 3.86. The first-order chi connectivity index (χ1) is 31.6. The third kappa shape index (κ3) is 6.42. The van der Waals surface area contributed by atoms with Crippen LogP contribution in [0.5, 0.6) is 0 Å². The molecule has 1 aliphatic carbocycles. The van der Waals surface area contributed by atoms with Gasteiger partial charge in [-0.05, 0) is 123 Å². The van der Waals surface area contributed by atoms with E-state index in [0.29, 0.717) is 0 Å². The number of aromatic nitrogens is 1. The SMILES string of the molecule is C=C(/C=C\C=C/C)C1(c2ccc(N(c3ccc(-c4ccc(-c5ccccc5)cc4)cc3)c3ccc4c(c3)c3ccccc3n4-c3ccccc3)cc2)c2ccccc2-c2ccccc21. The smallest absolute Gasteiger partial charge is 0.0707 e. The van der Waals surface area contributed by atoms with Gasteiger partial charge >= 0.3 is 0 Å². The lowest BCUT2D eigenvalue weighted by atomic mass is 9.67. The molecule has 1 heterocycles. The highest BCUT2D eigenvalue weighted by molar-refractivity contribution is 6.10. The van der Waals surface area contributed by atoms with Gasteiger partial charge in [-0.3, -0.25) is 0 Å². The van der Waals surface area contributed by atoms with Crippen LogP contribution in [0.3, 0.4) is 0 Å². The highest BCUT2D eigenvalue weighted by Crippen LogP contribution is 2.56. The van der Waals surface area contributed by atoms with E-state index in [2.05, 4.69) is 258 Å². The Morgan fingerprint density at radius 2 is 0.938 bits per heavy atom. The number of rotatable bonds is 10. The van der Waals surface area contributed by atoms with E-state index in [1.807, 2.05) is 6.92 Å². The molecule has 0 unspecified atom stereocenters. The lowest BCUT2D eigenvalue weighted by Gasteiger charge is -2.34. The van der Waals surface area contributed by atoms with Crippen molar-refractivity contribution in [3.8, 4) is 39.1 Å². The molecule has 9 aromatic carbocycles. The van der Waals surface area contributed by atoms with E-state index in [4.69, 9.17) is 6.58 Å². The van der Waals surface area contributed by atoms with E-state index in [9.17, 15) is 0 Å². The van der Waals surface area contributed by atoms with E-state index < -0.39 is 5.41 Å². The standard InChI is InChI=1S/C62H46N2/c1-3-4-7-18-44(2)62(58-26-15-12-23-54(58)55-24-13-16-27-59(55)62)49-35-39-52(40-36-49)63(51-37-33-48(34-38-51)47-31-29-46(30-32-47)45-19-8-5-9-20-45)53-41-42-61-57(43-53)56-25-14-17-28-60(56)64(61)50-21-10-6-11-22-50/h3-43H,2H2,1H3/b4-3-,18-7-. The van der Waals surface area contributed by atoms with Gasteiger partial charge in [0.1, 0.15) is 0 Å². The summed E-state index contributed by atoms with van der Waals surface area (Å²) < 4.78 is 2.37. The van der Waals surface area contributed by atoms with Crippen molar-refractivity contribution >= 4 is 38.9 Å². The Morgan fingerprint density at radius 3 is 1.56 bits per heavy atom. The third-order valence-electron chi connectivity index (χ3n) is 13.0. The van der Waals surface area contributed by atoms with E-state index in [0.717, 1.165) is 28.3 Å². The van der Waals surface area contributed by atoms with Crippen LogP contribution in [-0.2, 0) is 5.41 Å². The summed E-state index contributed by atoms with van der Waals surface area (Å²) in [5.41, 5.74) is 18.2. The molecule has 0 amide bonds. The normalized spacial score (nSPS) is 12.8. The van der Waals surface area contributed by atoms with Crippen LogP contribution < -0.4 is 4.90 Å². The summed E-state index contributed by atoms with van der Waals surface area (Å²) in [6, 6.07) is 81.6. The van der Waals surface area contributed by atoms with Gasteiger partial charge in [-0.15, -0.1) is 0 Å². The number of fused-ring (bicyclic) bond motifs is 6. The molecule has 0 bridgehead atoms. The summed E-state index contributed by atoms with van der Waals surface area (Å²) >= 11 is 0. The molecule has 0 aliphatic heterocycles. The quantitative estimate of drug-likeness (QED) is 0.125. The molecular weight excluding hydrogens is 773 g/mol. The molecule has 10 aromatic rings. The fourth-order valence-corrected chi connectivity index (χ4v) is 10.0. The lowest BCUT2D eigenvalue weighted by molar-refractivity contribution is 0.770. The number of para-hydroxylation sites is 2. The molecule has 64 heavy (non-hydrogen) atoms. The fraction of sp³-hybridized carbons (Fsp3) is 0.0323. The maximum Gasteiger partial charge on any atom is 0.0707 e. The van der Waals surface area contributed by atoms with E-state index in [-0.39, 0.29) is 0 Å². The van der Waals surface area contributed by atoms with Crippen LogP contribution in [0.1, 0.15) is 23.6 Å². The molecule has 0 saturated carbocycles. The molecule has 0 N–H and O–H groups in total. The van der Waals surface area contributed by atoms with Crippen LogP contribution >= 0.6 is 0 Å². The fourth-order valence-electron chi connectivity index (χ4n) is 10.0. The summed E-state index contributed by atoms with van der Waals surface area (Å²) in [6.07, 6.45) is 8.42. The van der Waals surface area contributed by atoms with Crippen LogP contribution in [-0.4, -0.2) is 4.57 Å². The van der Waals surface area contributed by atoms with Gasteiger partial charge < -0.3 is 9.47 Å². The molecule has 2 nitrogen and oxygen atoms in total. The molecule has 0 fully saturated rings. The Hall–Kier alpha value is -8.20. The molecular formula is C62H46N2. The van der Waals surface area contributed by atoms with Crippen LogP contribution in [0.4, 0.5) is 17.1 Å². The van der Waals surface area contributed by atoms with E-state index in [1.165, 1.54) is 71.9 Å². The second-order valence-electron chi connectivity index (χ2n) is 16.5. The summed E-state index contributed by atoms with van der Waals surface area (Å²) in [6.45, 7) is 6.85. The predicted molar refractivity (Wildman–Crippen MR) is 271 cm³/mol. The number of allylic oxidation sites excluding steroid dienone is 5. The van der Waals surface area contributed by atoms with Gasteiger partial charge in [-0.25, -0.2) is 0 Å². The summed E-state index contributed by atoms with van der Waals surface area (Å²) in [4.78, 5) is 2.39. The van der Waals surface area contributed by atoms with E-state index >= 15 is 0 Å². The minimum atomic E-state index is -0.565. The molecule has 1 aromatic heterocycles. The van der Waals surface area contributed by atoms with Crippen LogP contribution in [0.15, 0.2) is 261 Å². The van der Waals surface area contributed by atoms with Gasteiger partial charge in [0.25, 0.3) is 0 Å². The predicted octanol–water partition coefficient (Wildman–Crippen LogP) is 16.6. The first-order valence-electron chi connectivity index (χ1n) is 22.1. The Balaban J connectivity index is 1.06. The third-order valence-corrected chi connectivity index (χ3v) is 13.0. The Kier molecular flexibility index (Phi) is 9.83. The van der Waals surface area contributed by atoms with Crippen molar-refractivity contribution in [1.82, 2.24) is 4.57 Å². The van der Waals surface area contributed by atoms with Crippen molar-refractivity contribution < 1.29 is 0 Å². The molecule has 0 spiro atoms. The van der Waals surface area contributed by atoms with Crippen LogP contribution in [0, 0.1) is 0 Å². The topological polar surface area (TPSA) is 8.17 Å². The number of benzene rings is 9. The van der Waals surface area contributed by atoms with Crippen molar-refractivity contribution in [3.63, 3.8) is 0 Å². The monoisotopic (exact) mass is 818 g/mol. The first-order valence-corrected chi connectivity index (χ1v) is 22.1. The van der Waals surface area contributed by atoms with E-state index in [1.54, 1.807) is 0 Å². The zero-order chi connectivity index (χ0) is 43.0. The van der Waals surface area contributed by atoms with Crippen LogP contribution in [0.2, 0.25) is 0 Å². The number of hydrogen-bond acceptors (Lipinski definition) is 1. The summed E-state index contributed by atoms with van der Waals surface area (Å²) in [5, 5.41) is 2.42. The zero-order valence-electron chi connectivity index (χ0n) is 35.8. The number of anilines is 3. The molecule has 304 valence electrons. The average molecular weight is 819 g/mol. The van der Waals surface area contributed by atoms with Gasteiger partial charge in [0.05, 0.1) is 16.4 Å². The molecule has 0 radical (unpaired) electrons. The molecule has 0 atom stereocenters. The maximum absolute atomic E-state index is 4.81. The highest BCUT2D eigenvalue weighted by atomic mass is 15.1. The zero-order valence-corrected chi connectivity index (χ0v) is 35.8. The van der Waals surface area contributed by atoms with Crippen molar-refractivity contribution in [2.75, 3.05) is 4.90 Å². The summed E-state index contributed by atoms with van der Waals surface area (Å²) in [5.74, 6) is 0.